The van der Waals surface area contributed by atoms with E-state index in [-0.39, 0.29) is 6.61 Å². The number of hydrogen-bond donors (Lipinski definition) is 0. The molecule has 0 radical (unpaired) electrons. The van der Waals surface area contributed by atoms with E-state index in [2.05, 4.69) is 54.7 Å². The molecule has 0 fully saturated rings. The molecule has 0 bridgehead atoms. The summed E-state index contributed by atoms with van der Waals surface area (Å²) in [4.78, 5) is 4.89. The van der Waals surface area contributed by atoms with Crippen molar-refractivity contribution in [2.75, 3.05) is 20.8 Å². The van der Waals surface area contributed by atoms with E-state index in [4.69, 9.17) is 37.8 Å². The highest BCUT2D eigenvalue weighted by molar-refractivity contribution is 7.71. The number of fused-ring (bicyclic) bond motifs is 1. The first-order valence-electron chi connectivity index (χ1n) is 12.4. The van der Waals surface area contributed by atoms with Gasteiger partial charge in [-0.25, -0.2) is 4.98 Å². The molecule has 0 aliphatic carbocycles. The van der Waals surface area contributed by atoms with E-state index in [1.54, 1.807) is 14.2 Å². The van der Waals surface area contributed by atoms with Crippen LogP contribution in [0.2, 0.25) is 0 Å². The van der Waals surface area contributed by atoms with Crippen LogP contribution in [0.25, 0.3) is 22.2 Å². The van der Waals surface area contributed by atoms with Crippen molar-refractivity contribution < 1.29 is 14.2 Å². The van der Waals surface area contributed by atoms with Gasteiger partial charge in [0.25, 0.3) is 0 Å². The molecule has 4 rings (SSSR count). The van der Waals surface area contributed by atoms with E-state index in [1.807, 2.05) is 30.3 Å². The third-order valence-electron chi connectivity index (χ3n) is 6.42. The summed E-state index contributed by atoms with van der Waals surface area (Å²) < 4.78 is 19.2. The molecule has 0 saturated heterocycles. The number of ether oxygens (including phenoxy) is 3. The second-order valence-electron chi connectivity index (χ2n) is 9.14. The van der Waals surface area contributed by atoms with Crippen molar-refractivity contribution in [3.05, 3.63) is 76.6 Å². The van der Waals surface area contributed by atoms with E-state index < -0.39 is 0 Å². The van der Waals surface area contributed by atoms with E-state index in [0.717, 1.165) is 53.0 Å². The van der Waals surface area contributed by atoms with Crippen molar-refractivity contribution in [3.8, 4) is 40.8 Å². The Bertz CT molecular complexity index is 1480. The van der Waals surface area contributed by atoms with E-state index >= 15 is 0 Å². The number of rotatable bonds is 10. The van der Waals surface area contributed by atoms with Gasteiger partial charge in [0.2, 0.25) is 4.77 Å². The maximum Gasteiger partial charge on any atom is 0.200 e. The van der Waals surface area contributed by atoms with Crippen LogP contribution < -0.4 is 14.2 Å². The zero-order valence-electron chi connectivity index (χ0n) is 21.8. The standard InChI is InChI=1S/C31H32N2O3S/c1-6-18-36-25-14-15-27-26(20-25)30(24-12-10-23(11-13-24)21(2)3)32-31(37)33(27)17-7-8-22-9-16-28(34-4)29(19-22)35-5/h1,9-16,19-21H,7-8,17-18H2,2-5H3. The quantitative estimate of drug-likeness (QED) is 0.166. The summed E-state index contributed by atoms with van der Waals surface area (Å²) in [5, 5.41) is 0.978. The predicted octanol–water partition coefficient (Wildman–Crippen LogP) is 7.22. The zero-order valence-corrected chi connectivity index (χ0v) is 22.6. The molecule has 0 aliphatic rings. The fourth-order valence-corrected chi connectivity index (χ4v) is 4.69. The second kappa shape index (κ2) is 11.9. The third kappa shape index (κ3) is 5.95. The highest BCUT2D eigenvalue weighted by atomic mass is 32.1. The van der Waals surface area contributed by atoms with Gasteiger partial charge in [-0.3, -0.25) is 0 Å². The van der Waals surface area contributed by atoms with Crippen LogP contribution in [-0.2, 0) is 13.0 Å². The normalized spacial score (nSPS) is 10.9. The van der Waals surface area contributed by atoms with E-state index in [0.29, 0.717) is 16.4 Å². The van der Waals surface area contributed by atoms with Crippen LogP contribution in [0.5, 0.6) is 17.2 Å². The second-order valence-corrected chi connectivity index (χ2v) is 9.50. The zero-order chi connectivity index (χ0) is 26.4. The minimum Gasteiger partial charge on any atom is -0.493 e. The lowest BCUT2D eigenvalue weighted by Gasteiger charge is -2.16. The van der Waals surface area contributed by atoms with Crippen LogP contribution in [0.1, 0.15) is 37.3 Å². The maximum absolute atomic E-state index is 5.80. The Kier molecular flexibility index (Phi) is 8.47. The summed E-state index contributed by atoms with van der Waals surface area (Å²) in [6.45, 7) is 5.31. The van der Waals surface area contributed by atoms with Crippen LogP contribution in [0.15, 0.2) is 60.7 Å². The first kappa shape index (κ1) is 26.2. The Morgan fingerprint density at radius 2 is 1.73 bits per heavy atom. The largest absolute Gasteiger partial charge is 0.493 e. The molecule has 0 saturated carbocycles. The third-order valence-corrected chi connectivity index (χ3v) is 6.73. The number of benzene rings is 3. The van der Waals surface area contributed by atoms with Crippen molar-refractivity contribution in [1.82, 2.24) is 9.55 Å². The fraction of sp³-hybridized carbons (Fsp3) is 0.290. The van der Waals surface area contributed by atoms with Crippen LogP contribution >= 0.6 is 12.2 Å². The van der Waals surface area contributed by atoms with Crippen LogP contribution in [0.4, 0.5) is 0 Å². The number of aromatic nitrogens is 2. The number of hydrogen-bond acceptors (Lipinski definition) is 5. The van der Waals surface area contributed by atoms with Gasteiger partial charge >= 0.3 is 0 Å². The van der Waals surface area contributed by atoms with Crippen molar-refractivity contribution >= 4 is 23.1 Å². The number of nitrogens with zero attached hydrogens (tertiary/aromatic N) is 2. The Labute approximate surface area is 224 Å². The number of aryl methyl sites for hydroxylation is 2. The molecule has 0 unspecified atom stereocenters. The molecule has 3 aromatic carbocycles. The van der Waals surface area contributed by atoms with E-state index in [9.17, 15) is 0 Å². The van der Waals surface area contributed by atoms with Gasteiger partial charge in [0.15, 0.2) is 11.5 Å². The highest BCUT2D eigenvalue weighted by Gasteiger charge is 2.13. The Morgan fingerprint density at radius 1 is 0.973 bits per heavy atom. The first-order valence-corrected chi connectivity index (χ1v) is 12.8. The van der Waals surface area contributed by atoms with Gasteiger partial charge in [-0.15, -0.1) is 6.42 Å². The Morgan fingerprint density at radius 3 is 2.41 bits per heavy atom. The molecule has 1 aromatic heterocycles. The summed E-state index contributed by atoms with van der Waals surface area (Å²) in [6.07, 6.45) is 7.16. The fourth-order valence-electron chi connectivity index (χ4n) is 4.41. The molecule has 0 atom stereocenters. The molecular weight excluding hydrogens is 480 g/mol. The van der Waals surface area contributed by atoms with E-state index in [1.165, 1.54) is 11.1 Å². The molecule has 0 spiro atoms. The smallest absolute Gasteiger partial charge is 0.200 e. The van der Waals surface area contributed by atoms with Crippen LogP contribution in [0.3, 0.4) is 0 Å². The van der Waals surface area contributed by atoms with Gasteiger partial charge in [0.05, 0.1) is 25.4 Å². The van der Waals surface area contributed by atoms with Crippen molar-refractivity contribution in [3.63, 3.8) is 0 Å². The molecule has 6 heteroatoms. The number of methoxy groups -OCH3 is 2. The summed E-state index contributed by atoms with van der Waals surface area (Å²) in [6, 6.07) is 20.5. The molecule has 0 amide bonds. The van der Waals surface area contributed by atoms with Gasteiger partial charge in [-0.2, -0.15) is 0 Å². The van der Waals surface area contributed by atoms with Gasteiger partial charge in [-0.1, -0.05) is 50.1 Å². The lowest BCUT2D eigenvalue weighted by molar-refractivity contribution is 0.354. The van der Waals surface area contributed by atoms with Gasteiger partial charge in [-0.05, 0) is 72.4 Å². The maximum atomic E-state index is 5.80. The Hall–Kier alpha value is -3.82. The average molecular weight is 513 g/mol. The SMILES string of the molecule is C#CCOc1ccc2c(c1)c(-c1ccc(C(C)C)cc1)nc(=S)n2CCCc1ccc(OC)c(OC)c1. The summed E-state index contributed by atoms with van der Waals surface area (Å²) in [5.74, 6) is 5.16. The van der Waals surface area contributed by atoms with Crippen molar-refractivity contribution in [1.29, 1.82) is 0 Å². The first-order chi connectivity index (χ1) is 17.9. The average Bonchev–Trinajstić information content (AvgIpc) is 2.92. The molecular formula is C31H32N2O3S. The van der Waals surface area contributed by atoms with Crippen LogP contribution in [-0.4, -0.2) is 30.4 Å². The van der Waals surface area contributed by atoms with Crippen molar-refractivity contribution in [2.24, 2.45) is 0 Å². The Balaban J connectivity index is 1.69. The molecule has 4 aromatic rings. The summed E-state index contributed by atoms with van der Waals surface area (Å²) in [7, 11) is 3.29. The molecule has 0 N–H and O–H groups in total. The lowest BCUT2D eigenvalue weighted by atomic mass is 9.99. The molecule has 1 heterocycles. The van der Waals surface area contributed by atoms with Crippen LogP contribution in [0, 0.1) is 17.1 Å². The molecule has 37 heavy (non-hydrogen) atoms. The lowest BCUT2D eigenvalue weighted by Crippen LogP contribution is -2.07. The summed E-state index contributed by atoms with van der Waals surface area (Å²) >= 11 is 5.80. The number of terminal acetylenes is 1. The minimum absolute atomic E-state index is 0.210. The van der Waals surface area contributed by atoms with Gasteiger partial charge < -0.3 is 18.8 Å². The molecule has 0 aliphatic heterocycles. The predicted molar refractivity (Wildman–Crippen MR) is 152 cm³/mol. The monoisotopic (exact) mass is 512 g/mol. The topological polar surface area (TPSA) is 45.5 Å². The summed E-state index contributed by atoms with van der Waals surface area (Å²) in [5.41, 5.74) is 5.34. The molecule has 5 nitrogen and oxygen atoms in total. The van der Waals surface area contributed by atoms with Crippen molar-refractivity contribution in [2.45, 2.75) is 39.2 Å². The van der Waals surface area contributed by atoms with Gasteiger partial charge in [0.1, 0.15) is 12.4 Å². The highest BCUT2D eigenvalue weighted by Crippen LogP contribution is 2.32. The molecule has 190 valence electrons. The van der Waals surface area contributed by atoms with Gasteiger partial charge in [0, 0.05) is 17.5 Å². The minimum atomic E-state index is 0.210.